The first-order valence-electron chi connectivity index (χ1n) is 7.95. The highest BCUT2D eigenvalue weighted by Crippen LogP contribution is 2.12. The van der Waals surface area contributed by atoms with E-state index in [9.17, 15) is 4.79 Å². The van der Waals surface area contributed by atoms with Gasteiger partial charge in [-0.1, -0.05) is 32.4 Å². The number of hydrogen-bond acceptors (Lipinski definition) is 3. The van der Waals surface area contributed by atoms with Crippen molar-refractivity contribution >= 4 is 5.91 Å². The molecule has 0 aliphatic carbocycles. The highest BCUT2D eigenvalue weighted by Gasteiger charge is 2.00. The zero-order valence-corrected chi connectivity index (χ0v) is 13.3. The maximum Gasteiger partial charge on any atom is 0.221 e. The summed E-state index contributed by atoms with van der Waals surface area (Å²) < 4.78 is 5.62. The van der Waals surface area contributed by atoms with E-state index >= 15 is 0 Å². The smallest absolute Gasteiger partial charge is 0.221 e. The summed E-state index contributed by atoms with van der Waals surface area (Å²) in [6.07, 6.45) is 3.74. The van der Waals surface area contributed by atoms with E-state index < -0.39 is 0 Å². The van der Waals surface area contributed by atoms with Crippen molar-refractivity contribution in [1.29, 1.82) is 0 Å². The van der Waals surface area contributed by atoms with Crippen LogP contribution in [0.1, 0.15) is 45.1 Å². The Bertz CT molecular complexity index is 390. The van der Waals surface area contributed by atoms with Crippen molar-refractivity contribution in [3.8, 4) is 5.75 Å². The number of nitrogens with one attached hydrogen (secondary N) is 2. The minimum atomic E-state index is 0.115. The lowest BCUT2D eigenvalue weighted by molar-refractivity contribution is -0.120. The second-order valence-electron chi connectivity index (χ2n) is 5.12. The van der Waals surface area contributed by atoms with Gasteiger partial charge in [-0.25, -0.2) is 0 Å². The standard InChI is InChI=1S/C17H28N2O2/c1-3-5-13-21-16-8-6-15(7-9-16)14-18-12-10-17(20)19-11-4-2/h6-9,18H,3-5,10-14H2,1-2H3,(H,19,20). The van der Waals surface area contributed by atoms with Gasteiger partial charge in [0.1, 0.15) is 5.75 Å². The predicted molar refractivity (Wildman–Crippen MR) is 86.5 cm³/mol. The first kappa shape index (κ1) is 17.5. The van der Waals surface area contributed by atoms with Crippen LogP contribution < -0.4 is 15.4 Å². The lowest BCUT2D eigenvalue weighted by atomic mass is 10.2. The highest BCUT2D eigenvalue weighted by molar-refractivity contribution is 5.75. The third-order valence-corrected chi connectivity index (χ3v) is 3.12. The molecule has 0 atom stereocenters. The molecule has 4 nitrogen and oxygen atoms in total. The summed E-state index contributed by atoms with van der Waals surface area (Å²) in [6.45, 7) is 7.22. The molecule has 1 rings (SSSR count). The molecule has 0 bridgehead atoms. The van der Waals surface area contributed by atoms with E-state index in [2.05, 4.69) is 29.7 Å². The highest BCUT2D eigenvalue weighted by atomic mass is 16.5. The summed E-state index contributed by atoms with van der Waals surface area (Å²) in [5.41, 5.74) is 1.20. The summed E-state index contributed by atoms with van der Waals surface area (Å²) >= 11 is 0. The Morgan fingerprint density at radius 2 is 1.86 bits per heavy atom. The van der Waals surface area contributed by atoms with Crippen LogP contribution in [-0.4, -0.2) is 25.6 Å². The minimum absolute atomic E-state index is 0.115. The molecular weight excluding hydrogens is 264 g/mol. The second kappa shape index (κ2) is 11.1. The zero-order chi connectivity index (χ0) is 15.3. The summed E-state index contributed by atoms with van der Waals surface area (Å²) in [7, 11) is 0. The molecule has 1 aromatic rings. The molecule has 2 N–H and O–H groups in total. The van der Waals surface area contributed by atoms with Crippen molar-refractivity contribution in [2.75, 3.05) is 19.7 Å². The Hall–Kier alpha value is -1.55. The number of unbranched alkanes of at least 4 members (excludes halogenated alkanes) is 1. The molecule has 0 aliphatic heterocycles. The molecule has 0 aliphatic rings. The molecule has 0 fully saturated rings. The summed E-state index contributed by atoms with van der Waals surface area (Å²) in [4.78, 5) is 11.4. The molecular formula is C17H28N2O2. The molecule has 1 amide bonds. The Balaban J connectivity index is 2.16. The molecule has 0 heterocycles. The fourth-order valence-corrected chi connectivity index (χ4v) is 1.83. The average Bonchev–Trinajstić information content (AvgIpc) is 2.51. The molecule has 21 heavy (non-hydrogen) atoms. The zero-order valence-electron chi connectivity index (χ0n) is 13.3. The number of ether oxygens (including phenoxy) is 1. The van der Waals surface area contributed by atoms with Gasteiger partial charge >= 0.3 is 0 Å². The van der Waals surface area contributed by atoms with Crippen molar-refractivity contribution in [2.45, 2.75) is 46.1 Å². The second-order valence-corrected chi connectivity index (χ2v) is 5.12. The third kappa shape index (κ3) is 8.35. The molecule has 0 aromatic heterocycles. The van der Waals surface area contributed by atoms with E-state index in [1.165, 1.54) is 5.56 Å². The Morgan fingerprint density at radius 1 is 1.10 bits per heavy atom. The van der Waals surface area contributed by atoms with Crippen molar-refractivity contribution in [3.05, 3.63) is 29.8 Å². The quantitative estimate of drug-likeness (QED) is 0.617. The number of amides is 1. The molecule has 4 heteroatoms. The maximum atomic E-state index is 11.4. The van der Waals surface area contributed by atoms with Gasteiger partial charge in [0.15, 0.2) is 0 Å². The van der Waals surface area contributed by atoms with E-state index in [4.69, 9.17) is 4.74 Å². The van der Waals surface area contributed by atoms with Gasteiger partial charge < -0.3 is 15.4 Å². The summed E-state index contributed by atoms with van der Waals surface area (Å²) in [5.74, 6) is 1.04. The van der Waals surface area contributed by atoms with E-state index in [0.717, 1.165) is 44.7 Å². The van der Waals surface area contributed by atoms with Crippen molar-refractivity contribution in [3.63, 3.8) is 0 Å². The molecule has 118 valence electrons. The number of rotatable bonds is 11. The third-order valence-electron chi connectivity index (χ3n) is 3.12. The number of hydrogen-bond donors (Lipinski definition) is 2. The van der Waals surface area contributed by atoms with Crippen LogP contribution in [-0.2, 0) is 11.3 Å². The molecule has 0 saturated carbocycles. The van der Waals surface area contributed by atoms with Gasteiger partial charge in [-0.15, -0.1) is 0 Å². The lowest BCUT2D eigenvalue weighted by Gasteiger charge is -2.08. The van der Waals surface area contributed by atoms with Crippen LogP contribution >= 0.6 is 0 Å². The van der Waals surface area contributed by atoms with Crippen molar-refractivity contribution in [1.82, 2.24) is 10.6 Å². The van der Waals surface area contributed by atoms with E-state index in [1.54, 1.807) is 0 Å². The van der Waals surface area contributed by atoms with Crippen molar-refractivity contribution in [2.24, 2.45) is 0 Å². The SMILES string of the molecule is CCCCOc1ccc(CNCCC(=O)NCCC)cc1. The molecule has 0 radical (unpaired) electrons. The van der Waals surface area contributed by atoms with Gasteiger partial charge in [0.25, 0.3) is 0 Å². The van der Waals surface area contributed by atoms with Crippen LogP contribution in [0.3, 0.4) is 0 Å². The van der Waals surface area contributed by atoms with Crippen LogP contribution in [0.25, 0.3) is 0 Å². The Labute approximate surface area is 128 Å². The first-order chi connectivity index (χ1) is 10.3. The number of carbonyl (C=O) groups excluding carboxylic acids is 1. The van der Waals surface area contributed by atoms with Crippen LogP contribution in [0.4, 0.5) is 0 Å². The van der Waals surface area contributed by atoms with Gasteiger partial charge in [-0.2, -0.15) is 0 Å². The largest absolute Gasteiger partial charge is 0.494 e. The summed E-state index contributed by atoms with van der Waals surface area (Å²) in [5, 5.41) is 6.15. The van der Waals surface area contributed by atoms with Crippen LogP contribution in [0.2, 0.25) is 0 Å². The fraction of sp³-hybridized carbons (Fsp3) is 0.588. The van der Waals surface area contributed by atoms with Gasteiger partial charge in [0, 0.05) is 26.1 Å². The maximum absolute atomic E-state index is 11.4. The first-order valence-corrected chi connectivity index (χ1v) is 7.95. The van der Waals surface area contributed by atoms with Gasteiger partial charge in [-0.05, 0) is 30.5 Å². The molecule has 1 aromatic carbocycles. The Morgan fingerprint density at radius 3 is 2.52 bits per heavy atom. The van der Waals surface area contributed by atoms with Gasteiger partial charge in [-0.3, -0.25) is 4.79 Å². The van der Waals surface area contributed by atoms with Gasteiger partial charge in [0.05, 0.1) is 6.61 Å². The van der Waals surface area contributed by atoms with E-state index in [-0.39, 0.29) is 5.91 Å². The topological polar surface area (TPSA) is 50.4 Å². The summed E-state index contributed by atoms with van der Waals surface area (Å²) in [6, 6.07) is 8.12. The predicted octanol–water partition coefficient (Wildman–Crippen LogP) is 2.87. The van der Waals surface area contributed by atoms with Crippen LogP contribution in [0, 0.1) is 0 Å². The molecule has 0 saturated heterocycles. The monoisotopic (exact) mass is 292 g/mol. The van der Waals surface area contributed by atoms with Gasteiger partial charge in [0.2, 0.25) is 5.91 Å². The normalized spacial score (nSPS) is 10.4. The molecule has 0 spiro atoms. The molecule has 0 unspecified atom stereocenters. The lowest BCUT2D eigenvalue weighted by Crippen LogP contribution is -2.27. The Kier molecular flexibility index (Phi) is 9.29. The van der Waals surface area contributed by atoms with Crippen molar-refractivity contribution < 1.29 is 9.53 Å². The average molecular weight is 292 g/mol. The van der Waals surface area contributed by atoms with E-state index in [1.807, 2.05) is 19.1 Å². The number of benzene rings is 1. The number of carbonyl (C=O) groups is 1. The van der Waals surface area contributed by atoms with E-state index in [0.29, 0.717) is 13.0 Å². The minimum Gasteiger partial charge on any atom is -0.494 e. The van der Waals surface area contributed by atoms with Crippen LogP contribution in [0.15, 0.2) is 24.3 Å². The fourth-order valence-electron chi connectivity index (χ4n) is 1.83. The van der Waals surface area contributed by atoms with Crippen LogP contribution in [0.5, 0.6) is 5.75 Å².